The van der Waals surface area contributed by atoms with Gasteiger partial charge in [-0.15, -0.1) is 0 Å². The van der Waals surface area contributed by atoms with E-state index in [0.29, 0.717) is 12.8 Å². The summed E-state index contributed by atoms with van der Waals surface area (Å²) in [6, 6.07) is 0. The Kier molecular flexibility index (Phi) is 3.53. The molecule has 4 nitrogen and oxygen atoms in total. The van der Waals surface area contributed by atoms with Crippen LogP contribution in [0.25, 0.3) is 0 Å². The van der Waals surface area contributed by atoms with Crippen LogP contribution in [0.5, 0.6) is 0 Å². The summed E-state index contributed by atoms with van der Waals surface area (Å²) in [4.78, 5) is 0. The van der Waals surface area contributed by atoms with Gasteiger partial charge in [0.05, 0.1) is 24.4 Å². The number of hydrogen-bond acceptors (Lipinski definition) is 4. The maximum atomic E-state index is 9.80. The van der Waals surface area contributed by atoms with Crippen molar-refractivity contribution >= 4 is 0 Å². The molecule has 4 N–H and O–H groups in total. The van der Waals surface area contributed by atoms with Crippen molar-refractivity contribution in [1.29, 1.82) is 0 Å². The van der Waals surface area contributed by atoms with Crippen molar-refractivity contribution in [2.75, 3.05) is 6.61 Å². The van der Waals surface area contributed by atoms with Gasteiger partial charge in [0.15, 0.2) is 0 Å². The molecule has 0 radical (unpaired) electrons. The van der Waals surface area contributed by atoms with Crippen molar-refractivity contribution in [3.05, 3.63) is 0 Å². The summed E-state index contributed by atoms with van der Waals surface area (Å²) in [6.07, 6.45) is -0.319. The maximum absolute atomic E-state index is 9.80. The monoisotopic (exact) mass is 204 g/mol. The molecule has 0 saturated heterocycles. The summed E-state index contributed by atoms with van der Waals surface area (Å²) in [6.45, 7) is 2.98. The summed E-state index contributed by atoms with van der Waals surface area (Å²) in [5, 5.41) is 38.0. The fraction of sp³-hybridized carbons (Fsp3) is 1.00. The van der Waals surface area contributed by atoms with Crippen LogP contribution in [0.15, 0.2) is 0 Å². The summed E-state index contributed by atoms with van der Waals surface area (Å²) < 4.78 is 0. The van der Waals surface area contributed by atoms with Gasteiger partial charge < -0.3 is 20.4 Å². The van der Waals surface area contributed by atoms with E-state index in [1.165, 1.54) is 6.92 Å². The Morgan fingerprint density at radius 1 is 1.21 bits per heavy atom. The van der Waals surface area contributed by atoms with Crippen molar-refractivity contribution in [3.63, 3.8) is 0 Å². The molecule has 1 saturated carbocycles. The maximum Gasteiger partial charge on any atom is 0.0879 e. The van der Waals surface area contributed by atoms with Crippen LogP contribution >= 0.6 is 0 Å². The van der Waals surface area contributed by atoms with Gasteiger partial charge in [0.25, 0.3) is 0 Å². The Morgan fingerprint density at radius 2 is 1.64 bits per heavy atom. The minimum Gasteiger partial charge on any atom is -0.393 e. The third kappa shape index (κ3) is 2.25. The average molecular weight is 204 g/mol. The Balaban J connectivity index is 2.66. The highest BCUT2D eigenvalue weighted by atomic mass is 16.3. The minimum atomic E-state index is -1.21. The van der Waals surface area contributed by atoms with Crippen LogP contribution in [0.1, 0.15) is 26.7 Å². The van der Waals surface area contributed by atoms with Crippen LogP contribution in [0.4, 0.5) is 0 Å². The highest BCUT2D eigenvalue weighted by Crippen LogP contribution is 2.35. The standard InChI is InChI=1S/C10H20O4/c1-6-8(12)3-7(4-9(6)13)10(2,14)5-11/h6-9,11-14H,3-5H2,1-2H3/t6?,7?,8-,9-,10+/m1/s1. The van der Waals surface area contributed by atoms with Crippen LogP contribution in [-0.2, 0) is 0 Å². The zero-order valence-electron chi connectivity index (χ0n) is 8.72. The van der Waals surface area contributed by atoms with Gasteiger partial charge in [0.2, 0.25) is 0 Å². The average Bonchev–Trinajstić information content (AvgIpc) is 2.13. The fourth-order valence-corrected chi connectivity index (χ4v) is 2.00. The molecule has 3 atom stereocenters. The summed E-state index contributed by atoms with van der Waals surface area (Å²) in [5.41, 5.74) is -1.21. The second-order valence-corrected chi connectivity index (χ2v) is 4.68. The first kappa shape index (κ1) is 11.9. The molecule has 0 heterocycles. The molecule has 4 heteroatoms. The van der Waals surface area contributed by atoms with Gasteiger partial charge in [-0.3, -0.25) is 0 Å². The molecule has 1 rings (SSSR count). The Labute approximate surface area is 84.2 Å². The lowest BCUT2D eigenvalue weighted by atomic mass is 9.72. The zero-order valence-corrected chi connectivity index (χ0v) is 8.72. The number of hydrogen-bond donors (Lipinski definition) is 4. The highest BCUT2D eigenvalue weighted by Gasteiger charge is 2.41. The largest absolute Gasteiger partial charge is 0.393 e. The van der Waals surface area contributed by atoms with E-state index in [4.69, 9.17) is 5.11 Å². The SMILES string of the molecule is CC1[C@H](O)CC([C@@](C)(O)CO)C[C@H]1O. The number of aliphatic hydroxyl groups excluding tert-OH is 3. The topological polar surface area (TPSA) is 80.9 Å². The van der Waals surface area contributed by atoms with E-state index < -0.39 is 17.8 Å². The first-order valence-corrected chi connectivity index (χ1v) is 5.08. The van der Waals surface area contributed by atoms with Crippen molar-refractivity contribution in [2.45, 2.75) is 44.5 Å². The van der Waals surface area contributed by atoms with Crippen LogP contribution in [0.2, 0.25) is 0 Å². The third-order valence-corrected chi connectivity index (χ3v) is 3.47. The summed E-state index contributed by atoms with van der Waals surface area (Å²) >= 11 is 0. The summed E-state index contributed by atoms with van der Waals surface area (Å²) in [5.74, 6) is -0.394. The second kappa shape index (κ2) is 4.14. The first-order chi connectivity index (χ1) is 6.38. The number of aliphatic hydroxyl groups is 4. The normalized spacial score (nSPS) is 43.3. The zero-order chi connectivity index (χ0) is 10.9. The van der Waals surface area contributed by atoms with Gasteiger partial charge in [0, 0.05) is 5.92 Å². The fourth-order valence-electron chi connectivity index (χ4n) is 2.00. The van der Waals surface area contributed by atoms with E-state index in [2.05, 4.69) is 0 Å². The lowest BCUT2D eigenvalue weighted by Gasteiger charge is -2.41. The van der Waals surface area contributed by atoms with Crippen LogP contribution < -0.4 is 0 Å². The molecule has 0 aromatic rings. The molecule has 0 aliphatic heterocycles. The molecule has 84 valence electrons. The molecule has 0 aromatic heterocycles. The second-order valence-electron chi connectivity index (χ2n) is 4.68. The highest BCUT2D eigenvalue weighted by molar-refractivity contribution is 4.92. The molecule has 1 fully saturated rings. The van der Waals surface area contributed by atoms with Gasteiger partial charge in [-0.1, -0.05) is 6.92 Å². The first-order valence-electron chi connectivity index (χ1n) is 5.08. The van der Waals surface area contributed by atoms with Crippen molar-refractivity contribution in [2.24, 2.45) is 11.8 Å². The van der Waals surface area contributed by atoms with Crippen LogP contribution in [-0.4, -0.2) is 44.8 Å². The lowest BCUT2D eigenvalue weighted by Crippen LogP contribution is -2.48. The lowest BCUT2D eigenvalue weighted by molar-refractivity contribution is -0.115. The Hall–Kier alpha value is -0.160. The smallest absolute Gasteiger partial charge is 0.0879 e. The predicted octanol–water partition coefficient (Wildman–Crippen LogP) is -0.502. The van der Waals surface area contributed by atoms with E-state index in [9.17, 15) is 15.3 Å². The van der Waals surface area contributed by atoms with Gasteiger partial charge >= 0.3 is 0 Å². The Morgan fingerprint density at radius 3 is 2.00 bits per heavy atom. The van der Waals surface area contributed by atoms with Crippen molar-refractivity contribution in [3.8, 4) is 0 Å². The van der Waals surface area contributed by atoms with E-state index in [1.54, 1.807) is 6.92 Å². The molecule has 0 unspecified atom stereocenters. The van der Waals surface area contributed by atoms with Crippen LogP contribution in [0, 0.1) is 11.8 Å². The summed E-state index contributed by atoms with van der Waals surface area (Å²) in [7, 11) is 0. The predicted molar refractivity (Wildman–Crippen MR) is 51.6 cm³/mol. The molecule has 14 heavy (non-hydrogen) atoms. The van der Waals surface area contributed by atoms with Crippen molar-refractivity contribution < 1.29 is 20.4 Å². The molecule has 0 spiro atoms. The van der Waals surface area contributed by atoms with Gasteiger partial charge in [-0.25, -0.2) is 0 Å². The molecule has 1 aliphatic carbocycles. The van der Waals surface area contributed by atoms with Crippen LogP contribution in [0.3, 0.4) is 0 Å². The molecule has 0 bridgehead atoms. The van der Waals surface area contributed by atoms with E-state index in [-0.39, 0.29) is 18.4 Å². The molecular weight excluding hydrogens is 184 g/mol. The molecule has 1 aliphatic rings. The Bertz CT molecular complexity index is 181. The molecule has 0 aromatic carbocycles. The molecular formula is C10H20O4. The molecule has 0 amide bonds. The minimum absolute atomic E-state index is 0.152. The number of rotatable bonds is 2. The van der Waals surface area contributed by atoms with Gasteiger partial charge in [0.1, 0.15) is 0 Å². The van der Waals surface area contributed by atoms with Gasteiger partial charge in [-0.05, 0) is 25.7 Å². The van der Waals surface area contributed by atoms with Crippen molar-refractivity contribution in [1.82, 2.24) is 0 Å². The van der Waals surface area contributed by atoms with E-state index in [1.807, 2.05) is 0 Å². The van der Waals surface area contributed by atoms with E-state index in [0.717, 1.165) is 0 Å². The van der Waals surface area contributed by atoms with Gasteiger partial charge in [-0.2, -0.15) is 0 Å². The van der Waals surface area contributed by atoms with E-state index >= 15 is 0 Å². The quantitative estimate of drug-likeness (QED) is 0.489. The third-order valence-electron chi connectivity index (χ3n) is 3.47.